The van der Waals surface area contributed by atoms with Crippen molar-refractivity contribution in [2.24, 2.45) is 0 Å². The van der Waals surface area contributed by atoms with Gasteiger partial charge in [0.25, 0.3) is 0 Å². The molecule has 1 atom stereocenters. The lowest BCUT2D eigenvalue weighted by molar-refractivity contribution is 0.177. The summed E-state index contributed by atoms with van der Waals surface area (Å²) in [5.74, 6) is 0. The van der Waals surface area contributed by atoms with Crippen LogP contribution >= 0.6 is 11.8 Å². The van der Waals surface area contributed by atoms with Crippen LogP contribution < -0.4 is 5.32 Å². The highest BCUT2D eigenvalue weighted by atomic mass is 32.2. The number of thioether (sulfide) groups is 1. The number of benzene rings is 1. The molecule has 1 N–H and O–H groups in total. The van der Waals surface area contributed by atoms with Crippen molar-refractivity contribution in [3.8, 4) is 0 Å². The first-order valence-corrected chi connectivity index (χ1v) is 5.60. The van der Waals surface area contributed by atoms with Crippen molar-refractivity contribution in [3.05, 3.63) is 29.8 Å². The molecule has 74 valence electrons. The molecular weight excluding hydrogens is 198 g/mol. The van der Waals surface area contributed by atoms with Gasteiger partial charge in [0.2, 0.25) is 0 Å². The quantitative estimate of drug-likeness (QED) is 0.759. The van der Waals surface area contributed by atoms with E-state index in [0.717, 1.165) is 5.56 Å². The van der Waals surface area contributed by atoms with Crippen LogP contribution in [0.25, 0.3) is 0 Å². The Bertz CT molecular complexity index is 354. The van der Waals surface area contributed by atoms with E-state index >= 15 is 0 Å². The molecule has 1 aliphatic heterocycles. The molecule has 0 saturated carbocycles. The molecule has 0 radical (unpaired) electrons. The molecule has 1 aromatic rings. The van der Waals surface area contributed by atoms with Crippen LogP contribution in [0.4, 0.5) is 4.79 Å². The Labute approximate surface area is 86.8 Å². The van der Waals surface area contributed by atoms with Crippen molar-refractivity contribution in [2.45, 2.75) is 10.9 Å². The maximum atomic E-state index is 10.9. The van der Waals surface area contributed by atoms with Gasteiger partial charge in [-0.1, -0.05) is 18.2 Å². The van der Waals surface area contributed by atoms with Crippen LogP contribution in [0.3, 0.4) is 0 Å². The second kappa shape index (κ2) is 3.92. The molecule has 1 saturated heterocycles. The molecule has 4 heteroatoms. The Kier molecular flexibility index (Phi) is 2.63. The second-order valence-electron chi connectivity index (χ2n) is 3.04. The van der Waals surface area contributed by atoms with E-state index in [9.17, 15) is 4.79 Å². The standard InChI is InChI=1S/C10H11NO2S/c1-14-9-5-3-2-4-7(9)8-6-13-10(12)11-8/h2-5,8H,6H2,1H3,(H,11,12). The number of nitrogens with one attached hydrogen (secondary N) is 1. The molecule has 0 aliphatic carbocycles. The third-order valence-corrected chi connectivity index (χ3v) is 3.00. The predicted octanol–water partition coefficient (Wildman–Crippen LogP) is 2.19. The first kappa shape index (κ1) is 9.40. The van der Waals surface area contributed by atoms with Crippen molar-refractivity contribution < 1.29 is 9.53 Å². The van der Waals surface area contributed by atoms with Crippen LogP contribution in [0.15, 0.2) is 29.2 Å². The molecule has 1 aromatic carbocycles. The third kappa shape index (κ3) is 1.70. The van der Waals surface area contributed by atoms with Crippen molar-refractivity contribution in [3.63, 3.8) is 0 Å². The summed E-state index contributed by atoms with van der Waals surface area (Å²) in [6.07, 6.45) is 1.70. The summed E-state index contributed by atoms with van der Waals surface area (Å²) in [7, 11) is 0. The molecular formula is C10H11NO2S. The van der Waals surface area contributed by atoms with E-state index in [0.29, 0.717) is 6.61 Å². The summed E-state index contributed by atoms with van der Waals surface area (Å²) < 4.78 is 4.86. The molecule has 3 nitrogen and oxygen atoms in total. The summed E-state index contributed by atoms with van der Waals surface area (Å²) in [6, 6.07) is 8.04. The summed E-state index contributed by atoms with van der Waals surface area (Å²) in [4.78, 5) is 12.1. The lowest BCUT2D eigenvalue weighted by Crippen LogP contribution is -2.18. The van der Waals surface area contributed by atoms with Gasteiger partial charge in [0, 0.05) is 4.90 Å². The molecule has 0 aromatic heterocycles. The average Bonchev–Trinajstić information content (AvgIpc) is 2.65. The first-order chi connectivity index (χ1) is 6.81. The number of carbonyl (C=O) groups excluding carboxylic acids is 1. The van der Waals surface area contributed by atoms with E-state index in [2.05, 4.69) is 5.32 Å². The number of amides is 1. The maximum Gasteiger partial charge on any atom is 0.407 e. The number of ether oxygens (including phenoxy) is 1. The van der Waals surface area contributed by atoms with Gasteiger partial charge in [-0.2, -0.15) is 0 Å². The SMILES string of the molecule is CSc1ccccc1C1COC(=O)N1. The van der Waals surface area contributed by atoms with E-state index in [4.69, 9.17) is 4.74 Å². The number of alkyl carbamates (subject to hydrolysis) is 1. The molecule has 0 bridgehead atoms. The minimum absolute atomic E-state index is 0.00569. The van der Waals surface area contributed by atoms with Gasteiger partial charge in [0.15, 0.2) is 0 Å². The normalized spacial score (nSPS) is 20.4. The Morgan fingerprint density at radius 3 is 2.93 bits per heavy atom. The van der Waals surface area contributed by atoms with Crippen molar-refractivity contribution in [1.82, 2.24) is 5.32 Å². The highest BCUT2D eigenvalue weighted by molar-refractivity contribution is 7.98. The Morgan fingerprint density at radius 2 is 2.29 bits per heavy atom. The smallest absolute Gasteiger partial charge is 0.407 e. The summed E-state index contributed by atoms with van der Waals surface area (Å²) >= 11 is 1.68. The number of cyclic esters (lactones) is 1. The fraction of sp³-hybridized carbons (Fsp3) is 0.300. The summed E-state index contributed by atoms with van der Waals surface area (Å²) in [5, 5.41) is 2.77. The van der Waals surface area contributed by atoms with Crippen molar-refractivity contribution in [2.75, 3.05) is 12.9 Å². The molecule has 1 fully saturated rings. The van der Waals surface area contributed by atoms with Crippen molar-refractivity contribution in [1.29, 1.82) is 0 Å². The van der Waals surface area contributed by atoms with Gasteiger partial charge in [-0.3, -0.25) is 0 Å². The van der Waals surface area contributed by atoms with E-state index in [-0.39, 0.29) is 12.1 Å². The summed E-state index contributed by atoms with van der Waals surface area (Å²) in [6.45, 7) is 0.427. The number of rotatable bonds is 2. The van der Waals surface area contributed by atoms with Gasteiger partial charge < -0.3 is 10.1 Å². The van der Waals surface area contributed by atoms with Crippen LogP contribution in [0.5, 0.6) is 0 Å². The fourth-order valence-electron chi connectivity index (χ4n) is 1.51. The minimum Gasteiger partial charge on any atom is -0.447 e. The lowest BCUT2D eigenvalue weighted by atomic mass is 10.1. The topological polar surface area (TPSA) is 38.3 Å². The van der Waals surface area contributed by atoms with Gasteiger partial charge >= 0.3 is 6.09 Å². The van der Waals surface area contributed by atoms with Crippen LogP contribution in [-0.4, -0.2) is 19.0 Å². The van der Waals surface area contributed by atoms with E-state index in [1.807, 2.05) is 30.5 Å². The van der Waals surface area contributed by atoms with Gasteiger partial charge in [0.05, 0.1) is 6.04 Å². The molecule has 1 heterocycles. The zero-order valence-corrected chi connectivity index (χ0v) is 8.64. The average molecular weight is 209 g/mol. The predicted molar refractivity (Wildman–Crippen MR) is 55.4 cm³/mol. The van der Waals surface area contributed by atoms with E-state index in [1.165, 1.54) is 4.90 Å². The second-order valence-corrected chi connectivity index (χ2v) is 3.89. The van der Waals surface area contributed by atoms with E-state index < -0.39 is 0 Å². The zero-order chi connectivity index (χ0) is 9.97. The van der Waals surface area contributed by atoms with Gasteiger partial charge in [-0.05, 0) is 17.9 Å². The zero-order valence-electron chi connectivity index (χ0n) is 7.82. The Balaban J connectivity index is 2.27. The molecule has 2 rings (SSSR count). The van der Waals surface area contributed by atoms with Gasteiger partial charge in [-0.15, -0.1) is 11.8 Å². The highest BCUT2D eigenvalue weighted by Crippen LogP contribution is 2.27. The minimum atomic E-state index is -0.328. The van der Waals surface area contributed by atoms with Crippen LogP contribution in [0.1, 0.15) is 11.6 Å². The molecule has 1 unspecified atom stereocenters. The maximum absolute atomic E-state index is 10.9. The Hall–Kier alpha value is -1.16. The van der Waals surface area contributed by atoms with Crippen LogP contribution in [0, 0.1) is 0 Å². The largest absolute Gasteiger partial charge is 0.447 e. The van der Waals surface area contributed by atoms with Crippen molar-refractivity contribution >= 4 is 17.9 Å². The van der Waals surface area contributed by atoms with Crippen LogP contribution in [-0.2, 0) is 4.74 Å². The molecule has 1 aliphatic rings. The third-order valence-electron chi connectivity index (χ3n) is 2.19. The molecule has 0 spiro atoms. The Morgan fingerprint density at radius 1 is 1.50 bits per heavy atom. The summed E-state index contributed by atoms with van der Waals surface area (Å²) in [5.41, 5.74) is 1.13. The van der Waals surface area contributed by atoms with Crippen LogP contribution in [0.2, 0.25) is 0 Å². The van der Waals surface area contributed by atoms with Gasteiger partial charge in [0.1, 0.15) is 6.61 Å². The van der Waals surface area contributed by atoms with E-state index in [1.54, 1.807) is 11.8 Å². The number of hydrogen-bond donors (Lipinski definition) is 1. The number of carbonyl (C=O) groups is 1. The molecule has 14 heavy (non-hydrogen) atoms. The van der Waals surface area contributed by atoms with Gasteiger partial charge in [-0.25, -0.2) is 4.79 Å². The number of hydrogen-bond acceptors (Lipinski definition) is 3. The first-order valence-electron chi connectivity index (χ1n) is 4.37. The fourth-order valence-corrected chi connectivity index (χ4v) is 2.17. The lowest BCUT2D eigenvalue weighted by Gasteiger charge is -2.11. The highest BCUT2D eigenvalue weighted by Gasteiger charge is 2.25. The molecule has 1 amide bonds. The monoisotopic (exact) mass is 209 g/mol.